The van der Waals surface area contributed by atoms with Gasteiger partial charge in [0, 0.05) is 5.02 Å². The van der Waals surface area contributed by atoms with Crippen LogP contribution >= 0.6 is 27.5 Å². The topological polar surface area (TPSA) is 45.0 Å². The van der Waals surface area contributed by atoms with Gasteiger partial charge in [0.2, 0.25) is 0 Å². The van der Waals surface area contributed by atoms with Crippen LogP contribution in [-0.4, -0.2) is 5.11 Å². The van der Waals surface area contributed by atoms with Crippen LogP contribution in [0.15, 0.2) is 51.1 Å². The van der Waals surface area contributed by atoms with E-state index in [0.29, 0.717) is 26.8 Å². The summed E-state index contributed by atoms with van der Waals surface area (Å²) in [5, 5.41) is 18.9. The van der Waals surface area contributed by atoms with Gasteiger partial charge in [0.25, 0.3) is 0 Å². The summed E-state index contributed by atoms with van der Waals surface area (Å²) in [6.45, 7) is 4.16. The zero-order valence-corrected chi connectivity index (χ0v) is 13.5. The summed E-state index contributed by atoms with van der Waals surface area (Å²) in [5.74, 6) is 0.434. The van der Waals surface area contributed by atoms with Crippen molar-refractivity contribution in [1.82, 2.24) is 0 Å². The second kappa shape index (κ2) is 6.37. The molecule has 0 aliphatic carbocycles. The highest BCUT2D eigenvalue weighted by Gasteiger charge is 2.10. The quantitative estimate of drug-likeness (QED) is 0.642. The van der Waals surface area contributed by atoms with E-state index in [4.69, 9.17) is 11.6 Å². The van der Waals surface area contributed by atoms with E-state index < -0.39 is 0 Å². The van der Waals surface area contributed by atoms with E-state index in [0.717, 1.165) is 5.56 Å². The molecule has 0 aliphatic rings. The third kappa shape index (κ3) is 3.58. The lowest BCUT2D eigenvalue weighted by molar-refractivity contribution is 0.472. The Labute approximate surface area is 131 Å². The first-order valence-corrected chi connectivity index (χ1v) is 7.34. The molecule has 2 aromatic carbocycles. The van der Waals surface area contributed by atoms with Crippen LogP contribution in [0.25, 0.3) is 0 Å². The largest absolute Gasteiger partial charge is 0.505 e. The lowest BCUT2D eigenvalue weighted by Gasteiger charge is -2.09. The predicted molar refractivity (Wildman–Crippen MR) is 85.5 cm³/mol. The number of halogens is 2. The molecule has 0 amide bonds. The fourth-order valence-electron chi connectivity index (χ4n) is 1.63. The number of hydrogen-bond donors (Lipinski definition) is 1. The van der Waals surface area contributed by atoms with Crippen LogP contribution in [-0.2, 0) is 0 Å². The molecule has 0 saturated heterocycles. The van der Waals surface area contributed by atoms with Crippen LogP contribution in [0.1, 0.15) is 25.3 Å². The first-order chi connectivity index (χ1) is 9.47. The summed E-state index contributed by atoms with van der Waals surface area (Å²) >= 11 is 9.14. The standard InChI is InChI=1S/C15H14BrClN2O/c1-9(2)10-7-13(16)15(20)14(8-10)19-18-12-5-3-11(17)4-6-12/h3-9,20H,1-2H3. The molecular weight excluding hydrogens is 340 g/mol. The van der Waals surface area contributed by atoms with Crippen molar-refractivity contribution in [3.8, 4) is 5.75 Å². The summed E-state index contributed by atoms with van der Waals surface area (Å²) < 4.78 is 0.619. The number of hydrogen-bond acceptors (Lipinski definition) is 3. The number of nitrogens with zero attached hydrogens (tertiary/aromatic N) is 2. The van der Waals surface area contributed by atoms with Gasteiger partial charge in [-0.1, -0.05) is 25.4 Å². The third-order valence-corrected chi connectivity index (χ3v) is 3.69. The molecular formula is C15H14BrClN2O. The van der Waals surface area contributed by atoms with Gasteiger partial charge in [0.15, 0.2) is 5.75 Å². The normalized spacial score (nSPS) is 11.4. The number of benzene rings is 2. The molecule has 0 spiro atoms. The van der Waals surface area contributed by atoms with E-state index in [9.17, 15) is 5.11 Å². The Morgan fingerprint density at radius 3 is 2.35 bits per heavy atom. The summed E-state index contributed by atoms with van der Waals surface area (Å²) in [6.07, 6.45) is 0. The summed E-state index contributed by atoms with van der Waals surface area (Å²) in [6, 6.07) is 10.8. The van der Waals surface area contributed by atoms with E-state index in [1.807, 2.05) is 12.1 Å². The van der Waals surface area contributed by atoms with Crippen LogP contribution in [0.2, 0.25) is 5.02 Å². The van der Waals surface area contributed by atoms with Crippen LogP contribution in [0.4, 0.5) is 11.4 Å². The van der Waals surface area contributed by atoms with Gasteiger partial charge in [-0.15, -0.1) is 5.11 Å². The molecule has 5 heteroatoms. The average molecular weight is 354 g/mol. The van der Waals surface area contributed by atoms with Gasteiger partial charge in [-0.3, -0.25) is 0 Å². The summed E-state index contributed by atoms with van der Waals surface area (Å²) in [5.41, 5.74) is 2.21. The molecule has 0 radical (unpaired) electrons. The minimum Gasteiger partial charge on any atom is -0.505 e. The first kappa shape index (κ1) is 15.0. The number of phenolic OH excluding ortho intramolecular Hbond substituents is 1. The van der Waals surface area contributed by atoms with Crippen molar-refractivity contribution in [3.05, 3.63) is 51.5 Å². The van der Waals surface area contributed by atoms with E-state index in [1.54, 1.807) is 24.3 Å². The molecule has 2 rings (SSSR count). The predicted octanol–water partition coefficient (Wildman–Crippen LogP) is 6.35. The van der Waals surface area contributed by atoms with Crippen LogP contribution in [0, 0.1) is 0 Å². The molecule has 0 atom stereocenters. The number of azo groups is 1. The number of rotatable bonds is 3. The second-order valence-electron chi connectivity index (χ2n) is 4.70. The van der Waals surface area contributed by atoms with Crippen LogP contribution < -0.4 is 0 Å². The molecule has 2 aromatic rings. The molecule has 0 aliphatic heterocycles. The van der Waals surface area contributed by atoms with Crippen molar-refractivity contribution in [2.75, 3.05) is 0 Å². The maximum atomic E-state index is 10.0. The van der Waals surface area contributed by atoms with Gasteiger partial charge < -0.3 is 5.11 Å². The Bertz CT molecular complexity index is 639. The summed E-state index contributed by atoms with van der Waals surface area (Å²) in [7, 11) is 0. The fraction of sp³-hybridized carbons (Fsp3) is 0.200. The molecule has 3 nitrogen and oxygen atoms in total. The van der Waals surface area contributed by atoms with Crippen LogP contribution in [0.3, 0.4) is 0 Å². The molecule has 1 N–H and O–H groups in total. The number of phenols is 1. The van der Waals surface area contributed by atoms with Crippen molar-refractivity contribution in [2.24, 2.45) is 10.2 Å². The molecule has 0 unspecified atom stereocenters. The van der Waals surface area contributed by atoms with Gasteiger partial charge in [-0.05, 0) is 63.8 Å². The lowest BCUT2D eigenvalue weighted by atomic mass is 10.0. The van der Waals surface area contributed by atoms with Crippen molar-refractivity contribution in [2.45, 2.75) is 19.8 Å². The van der Waals surface area contributed by atoms with Gasteiger partial charge >= 0.3 is 0 Å². The zero-order valence-electron chi connectivity index (χ0n) is 11.1. The Kier molecular flexibility index (Phi) is 4.78. The van der Waals surface area contributed by atoms with E-state index in [1.165, 1.54) is 0 Å². The molecule has 104 valence electrons. The maximum Gasteiger partial charge on any atom is 0.157 e. The highest BCUT2D eigenvalue weighted by molar-refractivity contribution is 9.10. The smallest absolute Gasteiger partial charge is 0.157 e. The summed E-state index contributed by atoms with van der Waals surface area (Å²) in [4.78, 5) is 0. The average Bonchev–Trinajstić information content (AvgIpc) is 2.42. The van der Waals surface area contributed by atoms with Gasteiger partial charge in [-0.25, -0.2) is 0 Å². The fourth-order valence-corrected chi connectivity index (χ4v) is 2.23. The minimum absolute atomic E-state index is 0.0899. The molecule has 0 saturated carbocycles. The Hall–Kier alpha value is -1.39. The van der Waals surface area contributed by atoms with Crippen LogP contribution in [0.5, 0.6) is 5.75 Å². The van der Waals surface area contributed by atoms with Crippen molar-refractivity contribution in [3.63, 3.8) is 0 Å². The van der Waals surface area contributed by atoms with Gasteiger partial charge in [-0.2, -0.15) is 5.11 Å². The maximum absolute atomic E-state index is 10.0. The monoisotopic (exact) mass is 352 g/mol. The van der Waals surface area contributed by atoms with E-state index in [2.05, 4.69) is 40.0 Å². The third-order valence-electron chi connectivity index (χ3n) is 2.83. The Balaban J connectivity index is 2.35. The molecule has 0 fully saturated rings. The minimum atomic E-state index is 0.0899. The van der Waals surface area contributed by atoms with E-state index in [-0.39, 0.29) is 5.75 Å². The van der Waals surface area contributed by atoms with Crippen molar-refractivity contribution < 1.29 is 5.11 Å². The highest BCUT2D eigenvalue weighted by atomic mass is 79.9. The second-order valence-corrected chi connectivity index (χ2v) is 5.99. The zero-order chi connectivity index (χ0) is 14.7. The van der Waals surface area contributed by atoms with Crippen molar-refractivity contribution >= 4 is 38.9 Å². The van der Waals surface area contributed by atoms with Gasteiger partial charge in [0.1, 0.15) is 5.69 Å². The lowest BCUT2D eigenvalue weighted by Crippen LogP contribution is -1.87. The Morgan fingerprint density at radius 2 is 1.75 bits per heavy atom. The molecule has 20 heavy (non-hydrogen) atoms. The number of aromatic hydroxyl groups is 1. The molecule has 0 heterocycles. The van der Waals surface area contributed by atoms with Gasteiger partial charge in [0.05, 0.1) is 10.2 Å². The first-order valence-electron chi connectivity index (χ1n) is 6.17. The Morgan fingerprint density at radius 1 is 1.10 bits per heavy atom. The van der Waals surface area contributed by atoms with E-state index >= 15 is 0 Å². The highest BCUT2D eigenvalue weighted by Crippen LogP contribution is 2.38. The molecule has 0 aromatic heterocycles. The SMILES string of the molecule is CC(C)c1cc(Br)c(O)c(N=Nc2ccc(Cl)cc2)c1. The molecule has 0 bridgehead atoms. The van der Waals surface area contributed by atoms with Crippen molar-refractivity contribution in [1.29, 1.82) is 0 Å².